The van der Waals surface area contributed by atoms with Gasteiger partial charge in [0, 0.05) is 11.0 Å². The van der Waals surface area contributed by atoms with Crippen molar-refractivity contribution in [2.75, 3.05) is 27.2 Å². The second kappa shape index (κ2) is 12.4. The summed E-state index contributed by atoms with van der Waals surface area (Å²) in [5.74, 6) is -2.15. The van der Waals surface area contributed by atoms with E-state index in [1.54, 1.807) is 0 Å². The lowest BCUT2D eigenvalue weighted by atomic mass is 9.88. The molecule has 1 unspecified atom stereocenters. The minimum atomic E-state index is -1.08. The number of rotatable bonds is 9. The Morgan fingerprint density at radius 1 is 0.966 bits per heavy atom. The predicted molar refractivity (Wildman–Crippen MR) is 116 cm³/mol. The molecule has 1 atom stereocenters. The summed E-state index contributed by atoms with van der Waals surface area (Å²) in [6, 6.07) is 18.7. The smallest absolute Gasteiger partial charge is 0.303 e. The molecule has 158 valence electrons. The monoisotopic (exact) mass is 465 g/mol. The lowest BCUT2D eigenvalue weighted by Gasteiger charge is -2.32. The van der Waals surface area contributed by atoms with Gasteiger partial charge in [-0.3, -0.25) is 9.59 Å². The second-order valence-electron chi connectivity index (χ2n) is 6.85. The summed E-state index contributed by atoms with van der Waals surface area (Å²) in [4.78, 5) is 21.4. The van der Waals surface area contributed by atoms with E-state index >= 15 is 0 Å². The Morgan fingerprint density at radius 2 is 1.52 bits per heavy atom. The van der Waals surface area contributed by atoms with Crippen LogP contribution in [0.5, 0.6) is 0 Å². The highest BCUT2D eigenvalue weighted by Crippen LogP contribution is 2.34. The maximum Gasteiger partial charge on any atom is 0.303 e. The third-order valence-corrected chi connectivity index (χ3v) is 4.68. The zero-order chi connectivity index (χ0) is 21.9. The number of hydrogen-bond donors (Lipinski definition) is 2. The zero-order valence-electron chi connectivity index (χ0n) is 17.0. The van der Waals surface area contributed by atoms with Crippen molar-refractivity contribution < 1.29 is 24.5 Å². The van der Waals surface area contributed by atoms with Crippen LogP contribution in [0.4, 0.5) is 0 Å². The van der Waals surface area contributed by atoms with Crippen LogP contribution in [0, 0.1) is 0 Å². The fourth-order valence-electron chi connectivity index (χ4n) is 2.52. The van der Waals surface area contributed by atoms with E-state index in [0.717, 1.165) is 16.6 Å². The minimum Gasteiger partial charge on any atom is -0.481 e. The van der Waals surface area contributed by atoms with E-state index in [1.165, 1.54) is 5.56 Å². The summed E-state index contributed by atoms with van der Waals surface area (Å²) >= 11 is 3.55. The van der Waals surface area contributed by atoms with Crippen LogP contribution < -0.4 is 0 Å². The Balaban J connectivity index is 0.000000447. The van der Waals surface area contributed by atoms with Crippen molar-refractivity contribution in [1.82, 2.24) is 4.90 Å². The highest BCUT2D eigenvalue weighted by Gasteiger charge is 2.29. The third kappa shape index (κ3) is 9.21. The molecule has 2 aromatic carbocycles. The van der Waals surface area contributed by atoms with Crippen LogP contribution in [-0.4, -0.2) is 54.3 Å². The number of carboxylic acid groups (broad SMARTS) is 2. The molecule has 0 spiro atoms. The quantitative estimate of drug-likeness (QED) is 0.576. The van der Waals surface area contributed by atoms with E-state index < -0.39 is 17.5 Å². The average Bonchev–Trinajstić information content (AvgIpc) is 2.67. The Kier molecular flexibility index (Phi) is 10.6. The van der Waals surface area contributed by atoms with Crippen LogP contribution in [0.3, 0.4) is 0 Å². The number of benzene rings is 2. The fourth-order valence-corrected chi connectivity index (χ4v) is 2.92. The number of nitrogens with zero attached hydrogens (tertiary/aromatic N) is 1. The molecule has 0 aliphatic carbocycles. The molecule has 2 rings (SSSR count). The lowest BCUT2D eigenvalue weighted by Crippen LogP contribution is -2.31. The van der Waals surface area contributed by atoms with Gasteiger partial charge in [0.1, 0.15) is 5.60 Å². The van der Waals surface area contributed by atoms with Crippen LogP contribution in [0.2, 0.25) is 0 Å². The van der Waals surface area contributed by atoms with Crippen LogP contribution in [0.25, 0.3) is 0 Å². The van der Waals surface area contributed by atoms with Crippen LogP contribution in [0.1, 0.15) is 30.9 Å². The normalized spacial score (nSPS) is 12.6. The van der Waals surface area contributed by atoms with Crippen LogP contribution in [0.15, 0.2) is 59.1 Å². The van der Waals surface area contributed by atoms with Crippen LogP contribution in [-0.2, 0) is 19.9 Å². The van der Waals surface area contributed by atoms with Crippen molar-refractivity contribution in [3.8, 4) is 0 Å². The maximum absolute atomic E-state index is 9.64. The molecule has 29 heavy (non-hydrogen) atoms. The Bertz CT molecular complexity index is 768. The van der Waals surface area contributed by atoms with Gasteiger partial charge in [-0.15, -0.1) is 0 Å². The highest BCUT2D eigenvalue weighted by atomic mass is 79.9. The molecule has 7 heteroatoms. The SMILES string of the molecule is CN(C)CCOC(C)(c1ccccc1)c1cccc(Br)c1.O=C(O)CCC(=O)O. The first-order valence-electron chi connectivity index (χ1n) is 9.19. The zero-order valence-corrected chi connectivity index (χ0v) is 18.6. The first-order chi connectivity index (χ1) is 13.6. The van der Waals surface area contributed by atoms with Gasteiger partial charge in [0.2, 0.25) is 0 Å². The summed E-state index contributed by atoms with van der Waals surface area (Å²) < 4.78 is 7.37. The number of carbonyl (C=O) groups is 2. The highest BCUT2D eigenvalue weighted by molar-refractivity contribution is 9.10. The number of hydrogen-bond acceptors (Lipinski definition) is 4. The van der Waals surface area contributed by atoms with E-state index in [-0.39, 0.29) is 12.8 Å². The Morgan fingerprint density at radius 3 is 2.00 bits per heavy atom. The molecular formula is C22H28BrNO5. The number of likely N-dealkylation sites (N-methyl/N-ethyl adjacent to an activating group) is 1. The minimum absolute atomic E-state index is 0.296. The van der Waals surface area contributed by atoms with Crippen molar-refractivity contribution in [2.24, 2.45) is 0 Å². The van der Waals surface area contributed by atoms with Gasteiger partial charge in [-0.05, 0) is 44.3 Å². The molecule has 2 N–H and O–H groups in total. The van der Waals surface area contributed by atoms with E-state index in [9.17, 15) is 9.59 Å². The molecule has 2 aromatic rings. The van der Waals surface area contributed by atoms with Gasteiger partial charge in [0.15, 0.2) is 0 Å². The molecule has 0 saturated carbocycles. The average molecular weight is 466 g/mol. The van der Waals surface area contributed by atoms with Crippen molar-refractivity contribution in [2.45, 2.75) is 25.4 Å². The Hall–Kier alpha value is -2.22. The molecule has 0 heterocycles. The molecule has 6 nitrogen and oxygen atoms in total. The largest absolute Gasteiger partial charge is 0.481 e. The van der Waals surface area contributed by atoms with E-state index in [4.69, 9.17) is 14.9 Å². The molecular weight excluding hydrogens is 438 g/mol. The molecule has 0 amide bonds. The van der Waals surface area contributed by atoms with E-state index in [0.29, 0.717) is 6.61 Å². The standard InChI is InChI=1S/C18H22BrNO.C4H6O4/c1-18(21-13-12-20(2)3,15-8-5-4-6-9-15)16-10-7-11-17(19)14-16;5-3(6)1-2-4(7)8/h4-11,14H,12-13H2,1-3H3;1-2H2,(H,5,6)(H,7,8). The van der Waals surface area contributed by atoms with Gasteiger partial charge in [0.05, 0.1) is 19.4 Å². The van der Waals surface area contributed by atoms with Crippen molar-refractivity contribution in [3.05, 3.63) is 70.2 Å². The summed E-state index contributed by atoms with van der Waals surface area (Å²) in [5, 5.41) is 15.8. The maximum atomic E-state index is 9.64. The van der Waals surface area contributed by atoms with Gasteiger partial charge < -0.3 is 19.8 Å². The van der Waals surface area contributed by atoms with Crippen molar-refractivity contribution in [3.63, 3.8) is 0 Å². The number of halogens is 1. The van der Waals surface area contributed by atoms with Crippen molar-refractivity contribution in [1.29, 1.82) is 0 Å². The molecule has 0 fully saturated rings. The van der Waals surface area contributed by atoms with E-state index in [2.05, 4.69) is 84.3 Å². The van der Waals surface area contributed by atoms with Gasteiger partial charge in [-0.2, -0.15) is 0 Å². The lowest BCUT2D eigenvalue weighted by molar-refractivity contribution is -0.143. The summed E-state index contributed by atoms with van der Waals surface area (Å²) in [7, 11) is 4.12. The van der Waals surface area contributed by atoms with Gasteiger partial charge in [-0.1, -0.05) is 58.4 Å². The first kappa shape index (κ1) is 24.8. The second-order valence-corrected chi connectivity index (χ2v) is 7.76. The molecule has 0 saturated heterocycles. The number of ether oxygens (including phenoxy) is 1. The number of aliphatic carboxylic acids is 2. The van der Waals surface area contributed by atoms with Crippen LogP contribution >= 0.6 is 15.9 Å². The fraction of sp³-hybridized carbons (Fsp3) is 0.364. The summed E-state index contributed by atoms with van der Waals surface area (Å²) in [6.45, 7) is 3.72. The molecule has 0 radical (unpaired) electrons. The topological polar surface area (TPSA) is 87.1 Å². The Labute approximate surface area is 180 Å². The van der Waals surface area contributed by atoms with Gasteiger partial charge in [0.25, 0.3) is 0 Å². The predicted octanol–water partition coefficient (Wildman–Crippen LogP) is 4.23. The molecule has 0 aliphatic rings. The molecule has 0 aliphatic heterocycles. The molecule has 0 aromatic heterocycles. The number of carboxylic acids is 2. The summed E-state index contributed by atoms with van der Waals surface area (Å²) in [6.07, 6.45) is -0.593. The van der Waals surface area contributed by atoms with Crippen molar-refractivity contribution >= 4 is 27.9 Å². The molecule has 0 bridgehead atoms. The van der Waals surface area contributed by atoms with E-state index in [1.807, 2.05) is 12.1 Å². The summed E-state index contributed by atoms with van der Waals surface area (Å²) in [5.41, 5.74) is 1.88. The van der Waals surface area contributed by atoms with Gasteiger partial charge >= 0.3 is 11.9 Å². The van der Waals surface area contributed by atoms with Gasteiger partial charge in [-0.25, -0.2) is 0 Å². The first-order valence-corrected chi connectivity index (χ1v) is 9.98. The third-order valence-electron chi connectivity index (χ3n) is 4.18.